The highest BCUT2D eigenvalue weighted by atomic mass is 16.2. The van der Waals surface area contributed by atoms with E-state index in [-0.39, 0.29) is 24.1 Å². The minimum absolute atomic E-state index is 0.112. The molecule has 3 N–H and O–H groups in total. The minimum Gasteiger partial charge on any atom is -0.322 e. The van der Waals surface area contributed by atoms with E-state index in [4.69, 9.17) is 0 Å². The SMILES string of the molecule is O=C1CCC(N2Cc3c(CNC[C@@H]4C[C@@H]5C[C@@H]5N4)cccc3C2=O)C(=O)N1. The molecule has 0 radical (unpaired) electrons. The number of hydrogen-bond acceptors (Lipinski definition) is 5. The van der Waals surface area contributed by atoms with Crippen molar-refractivity contribution in [3.8, 4) is 0 Å². The summed E-state index contributed by atoms with van der Waals surface area (Å²) in [6.07, 6.45) is 3.27. The lowest BCUT2D eigenvalue weighted by Gasteiger charge is -2.29. The molecule has 0 spiro atoms. The number of imide groups is 1. The maximum atomic E-state index is 12.8. The maximum Gasteiger partial charge on any atom is 0.255 e. The highest BCUT2D eigenvalue weighted by Gasteiger charge is 2.45. The molecular weight excluding hydrogens is 344 g/mol. The van der Waals surface area contributed by atoms with Crippen LogP contribution < -0.4 is 16.0 Å². The van der Waals surface area contributed by atoms with Crippen molar-refractivity contribution < 1.29 is 14.4 Å². The lowest BCUT2D eigenvalue weighted by molar-refractivity contribution is -0.136. The highest BCUT2D eigenvalue weighted by Crippen LogP contribution is 2.40. The lowest BCUT2D eigenvalue weighted by atomic mass is 10.0. The monoisotopic (exact) mass is 368 g/mol. The number of amides is 3. The summed E-state index contributed by atoms with van der Waals surface area (Å²) in [7, 11) is 0. The molecule has 27 heavy (non-hydrogen) atoms. The zero-order valence-electron chi connectivity index (χ0n) is 15.2. The van der Waals surface area contributed by atoms with Crippen LogP contribution in [0.4, 0.5) is 0 Å². The first-order chi connectivity index (χ1) is 13.1. The minimum atomic E-state index is -0.558. The van der Waals surface area contributed by atoms with Crippen molar-refractivity contribution in [1.82, 2.24) is 20.9 Å². The molecule has 7 heteroatoms. The predicted octanol–water partition coefficient (Wildman–Crippen LogP) is 0.288. The summed E-state index contributed by atoms with van der Waals surface area (Å²) in [5.74, 6) is 0.151. The standard InChI is InChI=1S/C20H24N4O3/c25-18-5-4-17(19(26)23-18)24-10-15-11(2-1-3-14(15)20(24)27)8-21-9-13-6-12-7-16(12)22-13/h1-3,12-13,16-17,21-22H,4-10H2,(H,23,25,26)/t12-,13+,16+,17?/m1/s1. The third-order valence-electron chi connectivity index (χ3n) is 6.34. The van der Waals surface area contributed by atoms with Crippen LogP contribution in [0, 0.1) is 5.92 Å². The summed E-state index contributed by atoms with van der Waals surface area (Å²) < 4.78 is 0. The number of carbonyl (C=O) groups excluding carboxylic acids is 3. The molecule has 0 aromatic heterocycles. The Morgan fingerprint density at radius 1 is 1.19 bits per heavy atom. The van der Waals surface area contributed by atoms with Gasteiger partial charge in [0.1, 0.15) is 6.04 Å². The topological polar surface area (TPSA) is 90.5 Å². The van der Waals surface area contributed by atoms with Crippen LogP contribution in [0.15, 0.2) is 18.2 Å². The van der Waals surface area contributed by atoms with Gasteiger partial charge in [0.15, 0.2) is 0 Å². The molecule has 142 valence electrons. The molecular formula is C20H24N4O3. The first-order valence-electron chi connectivity index (χ1n) is 9.82. The van der Waals surface area contributed by atoms with Crippen molar-refractivity contribution in [1.29, 1.82) is 0 Å². The molecule has 1 aromatic carbocycles. The molecule has 2 saturated heterocycles. The van der Waals surface area contributed by atoms with Crippen LogP contribution in [-0.2, 0) is 22.7 Å². The summed E-state index contributed by atoms with van der Waals surface area (Å²) in [6, 6.07) is 6.53. The van der Waals surface area contributed by atoms with Gasteiger partial charge in [-0.25, -0.2) is 0 Å². The smallest absolute Gasteiger partial charge is 0.255 e. The van der Waals surface area contributed by atoms with Crippen LogP contribution in [0.5, 0.6) is 0 Å². The lowest BCUT2D eigenvalue weighted by Crippen LogP contribution is -2.52. The summed E-state index contributed by atoms with van der Waals surface area (Å²) in [4.78, 5) is 38.0. The zero-order chi connectivity index (χ0) is 18.5. The molecule has 0 bridgehead atoms. The Morgan fingerprint density at radius 3 is 2.85 bits per heavy atom. The fourth-order valence-corrected chi connectivity index (χ4v) is 4.79. The first kappa shape index (κ1) is 16.9. The molecule has 3 heterocycles. The van der Waals surface area contributed by atoms with Crippen LogP contribution in [-0.4, -0.2) is 47.3 Å². The van der Waals surface area contributed by atoms with Crippen LogP contribution >= 0.6 is 0 Å². The zero-order valence-corrected chi connectivity index (χ0v) is 15.2. The van der Waals surface area contributed by atoms with Crippen molar-refractivity contribution in [2.45, 2.75) is 56.9 Å². The third kappa shape index (κ3) is 3.04. The first-order valence-corrected chi connectivity index (χ1v) is 9.82. The predicted molar refractivity (Wildman–Crippen MR) is 97.6 cm³/mol. The second-order valence-electron chi connectivity index (χ2n) is 8.18. The number of hydrogen-bond donors (Lipinski definition) is 3. The van der Waals surface area contributed by atoms with E-state index in [0.29, 0.717) is 31.1 Å². The Kier molecular flexibility index (Phi) is 4.02. The highest BCUT2D eigenvalue weighted by molar-refractivity contribution is 6.05. The fourth-order valence-electron chi connectivity index (χ4n) is 4.79. The number of carbonyl (C=O) groups is 3. The summed E-state index contributed by atoms with van der Waals surface area (Å²) in [6.45, 7) is 2.08. The van der Waals surface area contributed by atoms with Gasteiger partial charge in [-0.3, -0.25) is 19.7 Å². The number of fused-ring (bicyclic) bond motifs is 2. The molecule has 1 unspecified atom stereocenters. The molecule has 3 fully saturated rings. The van der Waals surface area contributed by atoms with Gasteiger partial charge >= 0.3 is 0 Å². The number of benzene rings is 1. The van der Waals surface area contributed by atoms with Crippen LogP contribution in [0.2, 0.25) is 0 Å². The average Bonchev–Trinajstić information content (AvgIpc) is 3.11. The molecule has 4 aliphatic rings. The Balaban J connectivity index is 1.26. The van der Waals surface area contributed by atoms with E-state index in [9.17, 15) is 14.4 Å². The van der Waals surface area contributed by atoms with E-state index >= 15 is 0 Å². The van der Waals surface area contributed by atoms with Crippen LogP contribution in [0.25, 0.3) is 0 Å². The second-order valence-corrected chi connectivity index (χ2v) is 8.18. The van der Waals surface area contributed by atoms with Gasteiger partial charge in [0, 0.05) is 43.7 Å². The van der Waals surface area contributed by atoms with Gasteiger partial charge in [-0.1, -0.05) is 12.1 Å². The second kappa shape index (κ2) is 6.42. The Labute approximate surface area is 157 Å². The molecule has 7 nitrogen and oxygen atoms in total. The van der Waals surface area contributed by atoms with Gasteiger partial charge in [-0.2, -0.15) is 0 Å². The van der Waals surface area contributed by atoms with E-state index in [1.807, 2.05) is 18.2 Å². The van der Waals surface area contributed by atoms with Crippen molar-refractivity contribution in [2.75, 3.05) is 6.54 Å². The summed E-state index contributed by atoms with van der Waals surface area (Å²) in [5.41, 5.74) is 2.79. The molecule has 1 aliphatic carbocycles. The van der Waals surface area contributed by atoms with Crippen LogP contribution in [0.1, 0.15) is 47.2 Å². The summed E-state index contributed by atoms with van der Waals surface area (Å²) in [5, 5.41) is 9.51. The maximum absolute atomic E-state index is 12.8. The van der Waals surface area contributed by atoms with Gasteiger partial charge in [0.25, 0.3) is 5.91 Å². The van der Waals surface area contributed by atoms with Gasteiger partial charge in [-0.15, -0.1) is 0 Å². The molecule has 4 atom stereocenters. The molecule has 1 saturated carbocycles. The van der Waals surface area contributed by atoms with Crippen molar-refractivity contribution in [2.24, 2.45) is 5.92 Å². The molecule has 3 amide bonds. The summed E-state index contributed by atoms with van der Waals surface area (Å²) >= 11 is 0. The Hall–Kier alpha value is -2.25. The third-order valence-corrected chi connectivity index (χ3v) is 6.34. The van der Waals surface area contributed by atoms with E-state index in [1.165, 1.54) is 12.8 Å². The van der Waals surface area contributed by atoms with Gasteiger partial charge in [0.2, 0.25) is 11.8 Å². The molecule has 5 rings (SSSR count). The Morgan fingerprint density at radius 2 is 2.07 bits per heavy atom. The van der Waals surface area contributed by atoms with E-state index in [1.54, 1.807) is 4.90 Å². The number of piperidine rings is 2. The number of nitrogens with zero attached hydrogens (tertiary/aromatic N) is 1. The fraction of sp³-hybridized carbons (Fsp3) is 0.550. The van der Waals surface area contributed by atoms with Gasteiger partial charge in [0.05, 0.1) is 0 Å². The van der Waals surface area contributed by atoms with Crippen molar-refractivity contribution >= 4 is 17.7 Å². The molecule has 1 aromatic rings. The van der Waals surface area contributed by atoms with E-state index in [2.05, 4.69) is 16.0 Å². The Bertz CT molecular complexity index is 813. The van der Waals surface area contributed by atoms with Crippen LogP contribution in [0.3, 0.4) is 0 Å². The van der Waals surface area contributed by atoms with E-state index in [0.717, 1.165) is 29.6 Å². The quantitative estimate of drug-likeness (QED) is 0.650. The number of rotatable bonds is 5. The van der Waals surface area contributed by atoms with Gasteiger partial charge in [-0.05, 0) is 42.4 Å². The van der Waals surface area contributed by atoms with E-state index < -0.39 is 6.04 Å². The largest absolute Gasteiger partial charge is 0.322 e. The normalized spacial score (nSPS) is 31.7. The number of nitrogens with one attached hydrogen (secondary N) is 3. The van der Waals surface area contributed by atoms with Crippen molar-refractivity contribution in [3.05, 3.63) is 34.9 Å². The average molecular weight is 368 g/mol. The molecule has 3 aliphatic heterocycles. The van der Waals surface area contributed by atoms with Gasteiger partial charge < -0.3 is 15.5 Å². The van der Waals surface area contributed by atoms with Crippen molar-refractivity contribution in [3.63, 3.8) is 0 Å².